The van der Waals surface area contributed by atoms with Gasteiger partial charge in [0.1, 0.15) is 4.90 Å². The molecule has 7 heteroatoms. The molecule has 2 aliphatic heterocycles. The molecule has 0 spiro atoms. The minimum absolute atomic E-state index is 0.00592. The van der Waals surface area contributed by atoms with Crippen molar-refractivity contribution in [2.24, 2.45) is 5.92 Å². The van der Waals surface area contributed by atoms with E-state index in [2.05, 4.69) is 9.88 Å². The molecule has 2 fully saturated rings. The maximum atomic E-state index is 12.6. The van der Waals surface area contributed by atoms with Gasteiger partial charge in [-0.15, -0.1) is 0 Å². The van der Waals surface area contributed by atoms with Crippen LogP contribution in [0, 0.1) is 5.92 Å². The van der Waals surface area contributed by atoms with Gasteiger partial charge in [0.05, 0.1) is 12.7 Å². The number of fused-ring (bicyclic) bond motifs is 1. The van der Waals surface area contributed by atoms with Gasteiger partial charge in [-0.25, -0.2) is 8.42 Å². The maximum Gasteiger partial charge on any atom is 0.244 e. The number of hydrogen-bond acceptors (Lipinski definition) is 5. The van der Waals surface area contributed by atoms with Crippen LogP contribution in [0.1, 0.15) is 0 Å². The molecule has 0 saturated carbocycles. The highest BCUT2D eigenvalue weighted by Gasteiger charge is 2.41. The van der Waals surface area contributed by atoms with Crippen LogP contribution in [0.5, 0.6) is 0 Å². The molecular weight excluding hydrogens is 278 g/mol. The minimum atomic E-state index is -3.45. The van der Waals surface area contributed by atoms with E-state index >= 15 is 0 Å². The second-order valence-electron chi connectivity index (χ2n) is 5.44. The fourth-order valence-corrected chi connectivity index (χ4v) is 4.34. The highest BCUT2D eigenvalue weighted by Crippen LogP contribution is 2.27. The van der Waals surface area contributed by atoms with E-state index in [1.807, 2.05) is 7.05 Å². The van der Waals surface area contributed by atoms with Gasteiger partial charge in [0.25, 0.3) is 0 Å². The Balaban J connectivity index is 1.80. The summed E-state index contributed by atoms with van der Waals surface area (Å²) < 4.78 is 32.4. The van der Waals surface area contributed by atoms with Crippen molar-refractivity contribution < 1.29 is 13.2 Å². The second-order valence-corrected chi connectivity index (χ2v) is 7.38. The zero-order chi connectivity index (χ0) is 14.2. The first-order chi connectivity index (χ1) is 9.57. The molecule has 0 N–H and O–H groups in total. The molecule has 2 aliphatic rings. The van der Waals surface area contributed by atoms with E-state index in [1.54, 1.807) is 18.3 Å². The lowest BCUT2D eigenvalue weighted by molar-refractivity contribution is 0.0550. The monoisotopic (exact) mass is 297 g/mol. The van der Waals surface area contributed by atoms with Crippen LogP contribution < -0.4 is 0 Å². The summed E-state index contributed by atoms with van der Waals surface area (Å²) in [5, 5.41) is 0. The fourth-order valence-electron chi connectivity index (χ4n) is 2.86. The first kappa shape index (κ1) is 13.9. The van der Waals surface area contributed by atoms with Crippen LogP contribution in [-0.4, -0.2) is 68.5 Å². The summed E-state index contributed by atoms with van der Waals surface area (Å²) in [6.45, 7) is 3.41. The molecule has 3 rings (SSSR count). The van der Waals surface area contributed by atoms with E-state index in [9.17, 15) is 8.42 Å². The molecular formula is C13H19N3O3S. The molecule has 0 aromatic carbocycles. The van der Waals surface area contributed by atoms with Crippen LogP contribution >= 0.6 is 0 Å². The van der Waals surface area contributed by atoms with Crippen LogP contribution in [0.3, 0.4) is 0 Å². The number of rotatable bonds is 2. The van der Waals surface area contributed by atoms with E-state index in [4.69, 9.17) is 4.74 Å². The van der Waals surface area contributed by atoms with Crippen LogP contribution in [0.2, 0.25) is 0 Å². The van der Waals surface area contributed by atoms with Crippen molar-refractivity contribution in [3.8, 4) is 0 Å². The molecule has 20 heavy (non-hydrogen) atoms. The molecule has 0 amide bonds. The Kier molecular flexibility index (Phi) is 3.76. The average molecular weight is 297 g/mol. The van der Waals surface area contributed by atoms with Crippen LogP contribution in [0.15, 0.2) is 29.4 Å². The maximum absolute atomic E-state index is 12.6. The summed E-state index contributed by atoms with van der Waals surface area (Å²) in [5.41, 5.74) is 0. The van der Waals surface area contributed by atoms with Gasteiger partial charge >= 0.3 is 0 Å². The molecule has 3 heterocycles. The Bertz CT molecular complexity index is 563. The topological polar surface area (TPSA) is 62.7 Å². The van der Waals surface area contributed by atoms with Crippen molar-refractivity contribution in [1.29, 1.82) is 0 Å². The van der Waals surface area contributed by atoms with Crippen molar-refractivity contribution in [2.75, 3.05) is 39.8 Å². The third-order valence-corrected chi connectivity index (χ3v) is 5.79. The van der Waals surface area contributed by atoms with Gasteiger partial charge < -0.3 is 9.64 Å². The van der Waals surface area contributed by atoms with Crippen LogP contribution in [-0.2, 0) is 14.8 Å². The van der Waals surface area contributed by atoms with Gasteiger partial charge in [0, 0.05) is 44.5 Å². The zero-order valence-electron chi connectivity index (χ0n) is 11.5. The third-order valence-electron chi connectivity index (χ3n) is 3.97. The lowest BCUT2D eigenvalue weighted by atomic mass is 10.1. The summed E-state index contributed by atoms with van der Waals surface area (Å²) in [4.78, 5) is 6.35. The van der Waals surface area contributed by atoms with Gasteiger partial charge in [-0.05, 0) is 19.2 Å². The van der Waals surface area contributed by atoms with Crippen molar-refractivity contribution in [3.63, 3.8) is 0 Å². The molecule has 0 bridgehead atoms. The van der Waals surface area contributed by atoms with Crippen molar-refractivity contribution >= 4 is 10.0 Å². The molecule has 1 aromatic rings. The second kappa shape index (κ2) is 5.40. The molecule has 0 unspecified atom stereocenters. The Morgan fingerprint density at radius 2 is 2.20 bits per heavy atom. The summed E-state index contributed by atoms with van der Waals surface area (Å²) in [6.07, 6.45) is 2.98. The number of hydrogen-bond donors (Lipinski definition) is 0. The van der Waals surface area contributed by atoms with Crippen LogP contribution in [0.25, 0.3) is 0 Å². The first-order valence-corrected chi connectivity index (χ1v) is 8.22. The summed E-state index contributed by atoms with van der Waals surface area (Å²) in [5.74, 6) is 0.244. The Morgan fingerprint density at radius 3 is 2.95 bits per heavy atom. The fraction of sp³-hybridized carbons (Fsp3) is 0.615. The summed E-state index contributed by atoms with van der Waals surface area (Å²) in [6, 6.07) is 3.23. The van der Waals surface area contributed by atoms with E-state index in [1.165, 1.54) is 10.5 Å². The Labute approximate surface area is 119 Å². The van der Waals surface area contributed by atoms with Crippen LogP contribution in [0.4, 0.5) is 0 Å². The summed E-state index contributed by atoms with van der Waals surface area (Å²) in [7, 11) is -1.41. The van der Waals surface area contributed by atoms with Gasteiger partial charge in [-0.1, -0.05) is 0 Å². The number of aromatic nitrogens is 1. The standard InChI is InChI=1S/C13H19N3O3S/c1-15-5-6-19-13-10-16(9-11(13)8-15)20(17,18)12-3-2-4-14-7-12/h2-4,7,11,13H,5-6,8-10H2,1H3/t11-,13+/m0/s1. The van der Waals surface area contributed by atoms with E-state index in [0.29, 0.717) is 19.7 Å². The van der Waals surface area contributed by atoms with Gasteiger partial charge in [-0.3, -0.25) is 4.98 Å². The molecule has 6 nitrogen and oxygen atoms in total. The number of sulfonamides is 1. The van der Waals surface area contributed by atoms with E-state index < -0.39 is 10.0 Å². The number of nitrogens with zero attached hydrogens (tertiary/aromatic N) is 3. The number of ether oxygens (including phenoxy) is 1. The smallest absolute Gasteiger partial charge is 0.244 e. The summed E-state index contributed by atoms with van der Waals surface area (Å²) >= 11 is 0. The van der Waals surface area contributed by atoms with Crippen molar-refractivity contribution in [1.82, 2.24) is 14.2 Å². The zero-order valence-corrected chi connectivity index (χ0v) is 12.3. The number of pyridine rings is 1. The third kappa shape index (κ3) is 2.58. The predicted molar refractivity (Wildman–Crippen MR) is 73.7 cm³/mol. The predicted octanol–water partition coefficient (Wildman–Crippen LogP) is 0.0327. The molecule has 2 saturated heterocycles. The van der Waals surface area contributed by atoms with Gasteiger partial charge in [0.2, 0.25) is 10.0 Å². The minimum Gasteiger partial charge on any atom is -0.375 e. The lowest BCUT2D eigenvalue weighted by Gasteiger charge is -2.19. The molecule has 110 valence electrons. The molecule has 0 aliphatic carbocycles. The lowest BCUT2D eigenvalue weighted by Crippen LogP contribution is -2.32. The highest BCUT2D eigenvalue weighted by atomic mass is 32.2. The molecule has 2 atom stereocenters. The normalized spacial score (nSPS) is 29.1. The first-order valence-electron chi connectivity index (χ1n) is 6.78. The van der Waals surface area contributed by atoms with Gasteiger partial charge in [-0.2, -0.15) is 4.31 Å². The van der Waals surface area contributed by atoms with E-state index in [0.717, 1.165) is 13.1 Å². The highest BCUT2D eigenvalue weighted by molar-refractivity contribution is 7.89. The molecule has 0 radical (unpaired) electrons. The number of likely N-dealkylation sites (N-methyl/N-ethyl adjacent to an activating group) is 1. The van der Waals surface area contributed by atoms with Crippen molar-refractivity contribution in [3.05, 3.63) is 24.5 Å². The van der Waals surface area contributed by atoms with E-state index in [-0.39, 0.29) is 16.9 Å². The van der Waals surface area contributed by atoms with Gasteiger partial charge in [0.15, 0.2) is 0 Å². The SMILES string of the molecule is CN1CCO[C@@H]2CN(S(=O)(=O)c3cccnc3)C[C@@H]2C1. The Morgan fingerprint density at radius 1 is 1.35 bits per heavy atom. The average Bonchev–Trinajstić information content (AvgIpc) is 2.76. The largest absolute Gasteiger partial charge is 0.375 e. The Hall–Kier alpha value is -1.02. The quantitative estimate of drug-likeness (QED) is 0.771. The van der Waals surface area contributed by atoms with Crippen molar-refractivity contribution in [2.45, 2.75) is 11.0 Å². The molecule has 1 aromatic heterocycles.